The van der Waals surface area contributed by atoms with E-state index < -0.39 is 0 Å². The summed E-state index contributed by atoms with van der Waals surface area (Å²) in [6, 6.07) is 8.54. The van der Waals surface area contributed by atoms with Crippen molar-refractivity contribution in [3.8, 4) is 5.75 Å². The van der Waals surface area contributed by atoms with Crippen LogP contribution in [0.15, 0.2) is 34.1 Å². The molecule has 18 heavy (non-hydrogen) atoms. The van der Waals surface area contributed by atoms with Gasteiger partial charge in [-0.05, 0) is 52.7 Å². The second-order valence-corrected chi connectivity index (χ2v) is 6.52. The molecule has 2 rings (SSSR count). The Morgan fingerprint density at radius 2 is 2.17 bits per heavy atom. The highest BCUT2D eigenvalue weighted by Gasteiger charge is 2.08. The number of rotatable bonds is 4. The van der Waals surface area contributed by atoms with Gasteiger partial charge in [-0.2, -0.15) is 0 Å². The summed E-state index contributed by atoms with van der Waals surface area (Å²) >= 11 is 4.94. The van der Waals surface area contributed by atoms with Gasteiger partial charge in [-0.3, -0.25) is 0 Å². The highest BCUT2D eigenvalue weighted by atomic mass is 79.9. The minimum atomic E-state index is -0.375. The molecule has 0 bridgehead atoms. The fourth-order valence-corrected chi connectivity index (χ4v) is 2.89. The van der Waals surface area contributed by atoms with Gasteiger partial charge < -0.3 is 10.5 Å². The lowest BCUT2D eigenvalue weighted by Gasteiger charge is -2.09. The van der Waals surface area contributed by atoms with E-state index in [1.165, 1.54) is 6.07 Å². The van der Waals surface area contributed by atoms with Crippen molar-refractivity contribution in [2.75, 3.05) is 0 Å². The molecule has 1 atom stereocenters. The quantitative estimate of drug-likeness (QED) is 0.910. The molecule has 2 nitrogen and oxygen atoms in total. The lowest BCUT2D eigenvalue weighted by Crippen LogP contribution is -2.05. The number of hydrogen-bond acceptors (Lipinski definition) is 3. The third-order valence-electron chi connectivity index (χ3n) is 2.48. The van der Waals surface area contributed by atoms with Crippen LogP contribution >= 0.6 is 27.3 Å². The Balaban J connectivity index is 2.05. The zero-order valence-corrected chi connectivity index (χ0v) is 12.2. The minimum absolute atomic E-state index is 0.179. The Kier molecular flexibility index (Phi) is 4.37. The van der Waals surface area contributed by atoms with Gasteiger partial charge in [-0.15, -0.1) is 11.3 Å². The summed E-state index contributed by atoms with van der Waals surface area (Å²) in [5.74, 6) is -0.121. The van der Waals surface area contributed by atoms with Crippen molar-refractivity contribution < 1.29 is 9.13 Å². The van der Waals surface area contributed by atoms with Crippen molar-refractivity contribution in [2.45, 2.75) is 19.6 Å². The largest absolute Gasteiger partial charge is 0.485 e. The van der Waals surface area contributed by atoms with E-state index in [0.717, 1.165) is 14.2 Å². The Labute approximate surface area is 118 Å². The normalized spacial score (nSPS) is 12.4. The average Bonchev–Trinajstić information content (AvgIpc) is 2.73. The van der Waals surface area contributed by atoms with E-state index in [4.69, 9.17) is 10.5 Å². The summed E-state index contributed by atoms with van der Waals surface area (Å²) in [6.45, 7) is 2.18. The predicted molar refractivity (Wildman–Crippen MR) is 75.4 cm³/mol. The highest BCUT2D eigenvalue weighted by Crippen LogP contribution is 2.25. The molecule has 96 valence electrons. The first-order valence-corrected chi connectivity index (χ1v) is 7.09. The van der Waals surface area contributed by atoms with Gasteiger partial charge >= 0.3 is 0 Å². The molecular weight excluding hydrogens is 317 g/mol. The molecule has 0 radical (unpaired) electrons. The standard InChI is InChI=1S/C13H13BrFNOS/c1-8(16)9-2-4-12(11(15)6-9)17-7-10-3-5-13(14)18-10/h2-6,8H,7,16H2,1H3. The molecule has 1 heterocycles. The number of nitrogens with two attached hydrogens (primary N) is 1. The molecule has 0 fully saturated rings. The van der Waals surface area contributed by atoms with E-state index in [-0.39, 0.29) is 17.6 Å². The zero-order chi connectivity index (χ0) is 13.1. The third-order valence-corrected chi connectivity index (χ3v) is 4.08. The van der Waals surface area contributed by atoms with Crippen LogP contribution in [0.2, 0.25) is 0 Å². The van der Waals surface area contributed by atoms with Crippen LogP contribution in [0, 0.1) is 5.82 Å². The molecule has 0 spiro atoms. The van der Waals surface area contributed by atoms with Gasteiger partial charge in [-0.1, -0.05) is 6.07 Å². The van der Waals surface area contributed by atoms with Crippen molar-refractivity contribution in [2.24, 2.45) is 5.73 Å². The second-order valence-electron chi connectivity index (χ2n) is 3.97. The van der Waals surface area contributed by atoms with Gasteiger partial charge in [0.15, 0.2) is 11.6 Å². The first-order chi connectivity index (χ1) is 8.56. The van der Waals surface area contributed by atoms with Crippen LogP contribution in [-0.2, 0) is 6.61 Å². The van der Waals surface area contributed by atoms with E-state index in [1.807, 2.05) is 19.1 Å². The summed E-state index contributed by atoms with van der Waals surface area (Å²) in [6.07, 6.45) is 0. The van der Waals surface area contributed by atoms with Crippen molar-refractivity contribution in [3.63, 3.8) is 0 Å². The SMILES string of the molecule is CC(N)c1ccc(OCc2ccc(Br)s2)c(F)c1. The lowest BCUT2D eigenvalue weighted by molar-refractivity contribution is 0.293. The fourth-order valence-electron chi connectivity index (χ4n) is 1.50. The summed E-state index contributed by atoms with van der Waals surface area (Å²) < 4.78 is 20.2. The molecule has 1 aromatic heterocycles. The van der Waals surface area contributed by atoms with Crippen LogP contribution in [0.25, 0.3) is 0 Å². The maximum absolute atomic E-state index is 13.7. The van der Waals surface area contributed by atoms with E-state index in [9.17, 15) is 4.39 Å². The van der Waals surface area contributed by atoms with Crippen molar-refractivity contribution in [1.82, 2.24) is 0 Å². The number of benzene rings is 1. The van der Waals surface area contributed by atoms with E-state index in [0.29, 0.717) is 6.61 Å². The fraction of sp³-hybridized carbons (Fsp3) is 0.231. The molecule has 5 heteroatoms. The Bertz CT molecular complexity index is 542. The van der Waals surface area contributed by atoms with Crippen LogP contribution in [0.1, 0.15) is 23.4 Å². The smallest absolute Gasteiger partial charge is 0.165 e. The van der Waals surface area contributed by atoms with Crippen LogP contribution < -0.4 is 10.5 Å². The van der Waals surface area contributed by atoms with Gasteiger partial charge in [0, 0.05) is 10.9 Å². The van der Waals surface area contributed by atoms with Gasteiger partial charge in [0.1, 0.15) is 6.61 Å². The van der Waals surface area contributed by atoms with Gasteiger partial charge in [0.25, 0.3) is 0 Å². The van der Waals surface area contributed by atoms with Crippen LogP contribution in [0.5, 0.6) is 5.75 Å². The Morgan fingerprint density at radius 3 is 2.72 bits per heavy atom. The predicted octanol–water partition coefficient (Wildman–Crippen LogP) is 4.25. The van der Waals surface area contributed by atoms with Crippen molar-refractivity contribution >= 4 is 27.3 Å². The van der Waals surface area contributed by atoms with E-state index >= 15 is 0 Å². The second kappa shape index (κ2) is 5.82. The van der Waals surface area contributed by atoms with Crippen LogP contribution in [0.3, 0.4) is 0 Å². The van der Waals surface area contributed by atoms with E-state index in [1.54, 1.807) is 23.5 Å². The minimum Gasteiger partial charge on any atom is -0.485 e. The first kappa shape index (κ1) is 13.5. The molecule has 2 N–H and O–H groups in total. The third kappa shape index (κ3) is 3.31. The zero-order valence-electron chi connectivity index (χ0n) is 9.82. The van der Waals surface area contributed by atoms with Crippen molar-refractivity contribution in [3.05, 3.63) is 50.4 Å². The molecule has 1 unspecified atom stereocenters. The molecule has 2 aromatic rings. The number of thiophene rings is 1. The molecular formula is C13H13BrFNOS. The monoisotopic (exact) mass is 329 g/mol. The average molecular weight is 330 g/mol. The molecule has 1 aromatic carbocycles. The molecule has 0 aliphatic carbocycles. The Hall–Kier alpha value is -0.910. The number of ether oxygens (including phenoxy) is 1. The summed E-state index contributed by atoms with van der Waals surface area (Å²) in [7, 11) is 0. The molecule has 0 saturated heterocycles. The van der Waals surface area contributed by atoms with Crippen LogP contribution in [0.4, 0.5) is 4.39 Å². The first-order valence-electron chi connectivity index (χ1n) is 5.48. The molecule has 0 amide bonds. The van der Waals surface area contributed by atoms with Gasteiger partial charge in [0.05, 0.1) is 3.79 Å². The van der Waals surface area contributed by atoms with Crippen LogP contribution in [-0.4, -0.2) is 0 Å². The molecule has 0 aliphatic heterocycles. The van der Waals surface area contributed by atoms with Gasteiger partial charge in [-0.25, -0.2) is 4.39 Å². The van der Waals surface area contributed by atoms with Crippen molar-refractivity contribution in [1.29, 1.82) is 0 Å². The molecule has 0 aliphatic rings. The molecule has 0 saturated carbocycles. The highest BCUT2D eigenvalue weighted by molar-refractivity contribution is 9.11. The number of halogens is 2. The summed E-state index contributed by atoms with van der Waals surface area (Å²) in [5, 5.41) is 0. The summed E-state index contributed by atoms with van der Waals surface area (Å²) in [4.78, 5) is 1.04. The maximum Gasteiger partial charge on any atom is 0.165 e. The lowest BCUT2D eigenvalue weighted by atomic mass is 10.1. The number of hydrogen-bond donors (Lipinski definition) is 1. The summed E-state index contributed by atoms with van der Waals surface area (Å²) in [5.41, 5.74) is 6.45. The Morgan fingerprint density at radius 1 is 1.39 bits per heavy atom. The van der Waals surface area contributed by atoms with E-state index in [2.05, 4.69) is 15.9 Å². The topological polar surface area (TPSA) is 35.2 Å². The van der Waals surface area contributed by atoms with Gasteiger partial charge in [0.2, 0.25) is 0 Å². The maximum atomic E-state index is 13.7.